The number of pyridine rings is 1. The lowest BCUT2D eigenvalue weighted by Gasteiger charge is -2.35. The zero-order valence-corrected chi connectivity index (χ0v) is 16.2. The number of hydrogen-bond donors (Lipinski definition) is 1. The summed E-state index contributed by atoms with van der Waals surface area (Å²) in [6.07, 6.45) is 0.913. The number of nitrogens with zero attached hydrogens (tertiary/aromatic N) is 3. The van der Waals surface area contributed by atoms with Gasteiger partial charge in [0.15, 0.2) is 11.5 Å². The number of aromatic nitrogens is 1. The summed E-state index contributed by atoms with van der Waals surface area (Å²) < 4.78 is 10.8. The molecule has 2 aliphatic heterocycles. The Kier molecular flexibility index (Phi) is 5.62. The summed E-state index contributed by atoms with van der Waals surface area (Å²) in [7, 11) is 0. The zero-order valence-electron chi connectivity index (χ0n) is 16.2. The fourth-order valence-electron chi connectivity index (χ4n) is 3.49. The Morgan fingerprint density at radius 1 is 1.11 bits per heavy atom. The molecule has 28 heavy (non-hydrogen) atoms. The van der Waals surface area contributed by atoms with Crippen LogP contribution in [0.5, 0.6) is 11.5 Å². The molecular weight excluding hydrogens is 356 g/mol. The standard InChI is InChI=1S/C21H26N4O3/c1-2-8-22-21(26)17-4-3-5-20(23-17)25-11-9-24(10-12-25)14-16-6-7-18-19(13-16)28-15-27-18/h3-7,13H,2,8-12,14-15H2,1H3,(H,22,26). The van der Waals surface area contributed by atoms with Gasteiger partial charge in [-0.1, -0.05) is 19.1 Å². The van der Waals surface area contributed by atoms with Crippen molar-refractivity contribution in [2.75, 3.05) is 44.4 Å². The van der Waals surface area contributed by atoms with Crippen molar-refractivity contribution in [3.8, 4) is 11.5 Å². The quantitative estimate of drug-likeness (QED) is 0.827. The molecule has 148 valence electrons. The summed E-state index contributed by atoms with van der Waals surface area (Å²) in [5, 5.41) is 2.88. The average molecular weight is 382 g/mol. The Labute approximate surface area is 165 Å². The van der Waals surface area contributed by atoms with Crippen LogP contribution in [0, 0.1) is 0 Å². The molecule has 1 saturated heterocycles. The van der Waals surface area contributed by atoms with E-state index in [9.17, 15) is 4.79 Å². The number of rotatable bonds is 6. The highest BCUT2D eigenvalue weighted by Gasteiger charge is 2.20. The fourth-order valence-corrected chi connectivity index (χ4v) is 3.49. The lowest BCUT2D eigenvalue weighted by Crippen LogP contribution is -2.46. The van der Waals surface area contributed by atoms with E-state index in [0.717, 1.165) is 56.5 Å². The van der Waals surface area contributed by atoms with Crippen LogP contribution < -0.4 is 19.7 Å². The largest absolute Gasteiger partial charge is 0.454 e. The van der Waals surface area contributed by atoms with Gasteiger partial charge in [0, 0.05) is 39.3 Å². The molecule has 1 amide bonds. The number of ether oxygens (including phenoxy) is 2. The van der Waals surface area contributed by atoms with E-state index in [2.05, 4.69) is 32.2 Å². The maximum atomic E-state index is 12.2. The summed E-state index contributed by atoms with van der Waals surface area (Å²) in [4.78, 5) is 21.4. The molecule has 1 aromatic carbocycles. The summed E-state index contributed by atoms with van der Waals surface area (Å²) >= 11 is 0. The highest BCUT2D eigenvalue weighted by Crippen LogP contribution is 2.32. The van der Waals surface area contributed by atoms with E-state index in [0.29, 0.717) is 19.0 Å². The van der Waals surface area contributed by atoms with Crippen LogP contribution in [-0.2, 0) is 6.54 Å². The third kappa shape index (κ3) is 4.20. The maximum absolute atomic E-state index is 12.2. The summed E-state index contributed by atoms with van der Waals surface area (Å²) in [5.74, 6) is 2.41. The normalized spacial score (nSPS) is 16.2. The molecular formula is C21H26N4O3. The topological polar surface area (TPSA) is 66.9 Å². The highest BCUT2D eigenvalue weighted by atomic mass is 16.7. The van der Waals surface area contributed by atoms with Crippen molar-refractivity contribution < 1.29 is 14.3 Å². The van der Waals surface area contributed by atoms with Crippen LogP contribution in [0.15, 0.2) is 36.4 Å². The maximum Gasteiger partial charge on any atom is 0.269 e. The summed E-state index contributed by atoms with van der Waals surface area (Å²) in [6, 6.07) is 11.8. The number of carbonyl (C=O) groups excluding carboxylic acids is 1. The van der Waals surface area contributed by atoms with Crippen LogP contribution in [0.3, 0.4) is 0 Å². The molecule has 2 aliphatic rings. The van der Waals surface area contributed by atoms with Gasteiger partial charge in [-0.3, -0.25) is 9.69 Å². The minimum absolute atomic E-state index is 0.106. The van der Waals surface area contributed by atoms with Gasteiger partial charge in [-0.25, -0.2) is 4.98 Å². The van der Waals surface area contributed by atoms with Crippen molar-refractivity contribution in [1.82, 2.24) is 15.2 Å². The van der Waals surface area contributed by atoms with Gasteiger partial charge in [-0.15, -0.1) is 0 Å². The van der Waals surface area contributed by atoms with E-state index >= 15 is 0 Å². The SMILES string of the molecule is CCCNC(=O)c1cccc(N2CCN(Cc3ccc4c(c3)OCO4)CC2)n1. The molecule has 0 atom stereocenters. The molecule has 1 N–H and O–H groups in total. The van der Waals surface area contributed by atoms with Gasteiger partial charge < -0.3 is 19.7 Å². The average Bonchev–Trinajstić information content (AvgIpc) is 3.20. The van der Waals surface area contributed by atoms with Crippen LogP contribution in [0.2, 0.25) is 0 Å². The minimum Gasteiger partial charge on any atom is -0.454 e. The summed E-state index contributed by atoms with van der Waals surface area (Å²) in [6.45, 7) is 7.56. The number of anilines is 1. The lowest BCUT2D eigenvalue weighted by atomic mass is 10.1. The smallest absolute Gasteiger partial charge is 0.269 e. The zero-order chi connectivity index (χ0) is 19.3. The van der Waals surface area contributed by atoms with E-state index < -0.39 is 0 Å². The molecule has 0 radical (unpaired) electrons. The molecule has 7 nitrogen and oxygen atoms in total. The molecule has 4 rings (SSSR count). The summed E-state index contributed by atoms with van der Waals surface area (Å²) in [5.41, 5.74) is 1.71. The van der Waals surface area contributed by atoms with Crippen LogP contribution in [0.4, 0.5) is 5.82 Å². The van der Waals surface area contributed by atoms with Gasteiger partial charge in [0.05, 0.1) is 0 Å². The predicted octanol–water partition coefficient (Wildman–Crippen LogP) is 2.27. The van der Waals surface area contributed by atoms with E-state index in [4.69, 9.17) is 9.47 Å². The van der Waals surface area contributed by atoms with Crippen molar-refractivity contribution >= 4 is 11.7 Å². The van der Waals surface area contributed by atoms with Crippen molar-refractivity contribution in [1.29, 1.82) is 0 Å². The molecule has 0 saturated carbocycles. The molecule has 0 bridgehead atoms. The Bertz CT molecular complexity index is 834. The monoisotopic (exact) mass is 382 g/mol. The van der Waals surface area contributed by atoms with Crippen molar-refractivity contribution in [2.45, 2.75) is 19.9 Å². The molecule has 7 heteroatoms. The van der Waals surface area contributed by atoms with E-state index in [-0.39, 0.29) is 5.91 Å². The van der Waals surface area contributed by atoms with Gasteiger partial charge in [0.2, 0.25) is 6.79 Å². The van der Waals surface area contributed by atoms with Gasteiger partial charge >= 0.3 is 0 Å². The number of nitrogens with one attached hydrogen (secondary N) is 1. The Balaban J connectivity index is 1.33. The lowest BCUT2D eigenvalue weighted by molar-refractivity contribution is 0.0948. The van der Waals surface area contributed by atoms with E-state index in [1.54, 1.807) is 6.07 Å². The van der Waals surface area contributed by atoms with Crippen molar-refractivity contribution in [2.24, 2.45) is 0 Å². The first-order chi connectivity index (χ1) is 13.7. The Morgan fingerprint density at radius 3 is 2.75 bits per heavy atom. The predicted molar refractivity (Wildman–Crippen MR) is 107 cm³/mol. The Morgan fingerprint density at radius 2 is 1.93 bits per heavy atom. The molecule has 1 aromatic heterocycles. The van der Waals surface area contributed by atoms with E-state index in [1.165, 1.54) is 5.56 Å². The number of piperazine rings is 1. The van der Waals surface area contributed by atoms with Crippen LogP contribution in [-0.4, -0.2) is 55.3 Å². The first-order valence-corrected chi connectivity index (χ1v) is 9.84. The third-order valence-corrected chi connectivity index (χ3v) is 5.04. The van der Waals surface area contributed by atoms with Gasteiger partial charge in [-0.05, 0) is 36.2 Å². The number of amides is 1. The van der Waals surface area contributed by atoms with Gasteiger partial charge in [-0.2, -0.15) is 0 Å². The highest BCUT2D eigenvalue weighted by molar-refractivity contribution is 5.92. The fraction of sp³-hybridized carbons (Fsp3) is 0.429. The molecule has 0 aliphatic carbocycles. The van der Waals surface area contributed by atoms with Crippen molar-refractivity contribution in [3.63, 3.8) is 0 Å². The number of carbonyl (C=O) groups is 1. The number of hydrogen-bond acceptors (Lipinski definition) is 6. The minimum atomic E-state index is -0.106. The second kappa shape index (κ2) is 8.48. The molecule has 2 aromatic rings. The Hall–Kier alpha value is -2.80. The second-order valence-corrected chi connectivity index (χ2v) is 7.09. The first kappa shape index (κ1) is 18.6. The number of benzene rings is 1. The van der Waals surface area contributed by atoms with Gasteiger partial charge in [0.25, 0.3) is 5.91 Å². The number of fused-ring (bicyclic) bond motifs is 1. The first-order valence-electron chi connectivity index (χ1n) is 9.84. The van der Waals surface area contributed by atoms with Gasteiger partial charge in [0.1, 0.15) is 11.5 Å². The third-order valence-electron chi connectivity index (χ3n) is 5.04. The van der Waals surface area contributed by atoms with Crippen LogP contribution in [0.1, 0.15) is 29.4 Å². The van der Waals surface area contributed by atoms with E-state index in [1.807, 2.05) is 25.1 Å². The molecule has 0 unspecified atom stereocenters. The van der Waals surface area contributed by atoms with Crippen molar-refractivity contribution in [3.05, 3.63) is 47.7 Å². The second-order valence-electron chi connectivity index (χ2n) is 7.09. The van der Waals surface area contributed by atoms with Crippen LogP contribution in [0.25, 0.3) is 0 Å². The molecule has 1 fully saturated rings. The molecule has 0 spiro atoms. The van der Waals surface area contributed by atoms with Crippen LogP contribution >= 0.6 is 0 Å². The molecule has 3 heterocycles.